The maximum Gasteiger partial charge on any atom is 0.244 e. The van der Waals surface area contributed by atoms with E-state index < -0.39 is 41.5 Å². The van der Waals surface area contributed by atoms with E-state index in [-0.39, 0.29) is 36.6 Å². The van der Waals surface area contributed by atoms with Crippen LogP contribution in [-0.2, 0) is 19.2 Å². The third kappa shape index (κ3) is 4.31. The predicted octanol–water partition coefficient (Wildman–Crippen LogP) is 2.07. The van der Waals surface area contributed by atoms with E-state index in [1.165, 1.54) is 7.05 Å². The van der Waals surface area contributed by atoms with Crippen molar-refractivity contribution in [3.63, 3.8) is 0 Å². The van der Waals surface area contributed by atoms with Crippen LogP contribution in [0, 0.1) is 29.3 Å². The van der Waals surface area contributed by atoms with E-state index in [0.29, 0.717) is 18.9 Å². The molecule has 3 rings (SSSR count). The summed E-state index contributed by atoms with van der Waals surface area (Å²) in [4.78, 5) is 51.3. The lowest BCUT2D eigenvalue weighted by molar-refractivity contribution is -0.141. The van der Waals surface area contributed by atoms with Gasteiger partial charge >= 0.3 is 0 Å². The van der Waals surface area contributed by atoms with Crippen LogP contribution in [-0.4, -0.2) is 53.6 Å². The van der Waals surface area contributed by atoms with Crippen molar-refractivity contribution in [1.29, 1.82) is 0 Å². The van der Waals surface area contributed by atoms with Gasteiger partial charge in [-0.25, -0.2) is 13.2 Å². The molecule has 2 aliphatic rings. The summed E-state index contributed by atoms with van der Waals surface area (Å²) in [5.74, 6) is -7.02. The first kappa shape index (κ1) is 21.8. The lowest BCUT2D eigenvalue weighted by Gasteiger charge is -2.19. The van der Waals surface area contributed by atoms with Crippen molar-refractivity contribution in [2.45, 2.75) is 32.1 Å². The monoisotopic (exact) mass is 425 g/mol. The minimum Gasteiger partial charge on any atom is -0.336 e. The number of rotatable bonds is 6. The molecule has 10 heteroatoms. The number of hydrogen-bond acceptors (Lipinski definition) is 4. The Morgan fingerprint density at radius 3 is 2.27 bits per heavy atom. The third-order valence-electron chi connectivity index (χ3n) is 5.60. The summed E-state index contributed by atoms with van der Waals surface area (Å²) in [5.41, 5.74) is -0.546. The van der Waals surface area contributed by atoms with Gasteiger partial charge in [-0.1, -0.05) is 12.8 Å². The lowest BCUT2D eigenvalue weighted by atomic mass is 9.81. The first-order chi connectivity index (χ1) is 14.2. The van der Waals surface area contributed by atoms with E-state index in [4.69, 9.17) is 0 Å². The van der Waals surface area contributed by atoms with Crippen LogP contribution in [0.25, 0.3) is 0 Å². The van der Waals surface area contributed by atoms with Crippen molar-refractivity contribution in [2.24, 2.45) is 11.8 Å². The zero-order chi connectivity index (χ0) is 22.0. The summed E-state index contributed by atoms with van der Waals surface area (Å²) in [6, 6.07) is 1.54. The molecule has 0 radical (unpaired) electrons. The number of fused-ring (bicyclic) bond motifs is 1. The van der Waals surface area contributed by atoms with Crippen molar-refractivity contribution in [3.05, 3.63) is 29.6 Å². The van der Waals surface area contributed by atoms with Gasteiger partial charge in [-0.15, -0.1) is 0 Å². The molecule has 1 aliphatic carbocycles. The number of anilines is 1. The topological polar surface area (TPSA) is 86.8 Å². The van der Waals surface area contributed by atoms with Crippen molar-refractivity contribution < 1.29 is 32.3 Å². The van der Waals surface area contributed by atoms with Crippen molar-refractivity contribution >= 4 is 29.3 Å². The average molecular weight is 425 g/mol. The van der Waals surface area contributed by atoms with Crippen LogP contribution in [0.1, 0.15) is 32.1 Å². The van der Waals surface area contributed by atoms with Gasteiger partial charge in [-0.05, 0) is 25.0 Å². The van der Waals surface area contributed by atoms with Crippen molar-refractivity contribution in [2.75, 3.05) is 25.5 Å². The fraction of sp³-hybridized carbons (Fsp3) is 0.500. The van der Waals surface area contributed by atoms with Crippen LogP contribution < -0.4 is 5.32 Å². The fourth-order valence-electron chi connectivity index (χ4n) is 3.97. The Morgan fingerprint density at radius 1 is 1.07 bits per heavy atom. The second kappa shape index (κ2) is 8.85. The second-order valence-electron chi connectivity index (χ2n) is 7.60. The van der Waals surface area contributed by atoms with Gasteiger partial charge in [-0.3, -0.25) is 24.1 Å². The highest BCUT2D eigenvalue weighted by atomic mass is 19.2. The summed E-state index contributed by atoms with van der Waals surface area (Å²) >= 11 is 0. The van der Waals surface area contributed by atoms with E-state index in [9.17, 15) is 32.3 Å². The van der Waals surface area contributed by atoms with Gasteiger partial charge < -0.3 is 10.2 Å². The number of nitrogens with zero attached hydrogens (tertiary/aromatic N) is 2. The Hall–Kier alpha value is -2.91. The number of benzene rings is 1. The zero-order valence-corrected chi connectivity index (χ0v) is 16.4. The summed E-state index contributed by atoms with van der Waals surface area (Å²) in [6.45, 7) is -0.530. The van der Waals surface area contributed by atoms with Crippen LogP contribution in [0.5, 0.6) is 0 Å². The van der Waals surface area contributed by atoms with Crippen LogP contribution in [0.3, 0.4) is 0 Å². The normalized spacial score (nSPS) is 20.9. The highest BCUT2D eigenvalue weighted by molar-refractivity contribution is 6.05. The quantitative estimate of drug-likeness (QED) is 0.559. The molecule has 1 aromatic rings. The Kier molecular flexibility index (Phi) is 6.42. The molecule has 0 bridgehead atoms. The minimum absolute atomic E-state index is 0.0622. The zero-order valence-electron chi connectivity index (χ0n) is 16.4. The molecule has 1 heterocycles. The largest absolute Gasteiger partial charge is 0.336 e. The maximum absolute atomic E-state index is 13.6. The molecule has 2 atom stereocenters. The Bertz CT molecular complexity index is 868. The first-order valence-corrected chi connectivity index (χ1v) is 9.73. The standard InChI is InChI=1S/C20H22F3N3O4/c1-25(10-15(27)24-14-7-6-13(21)17(22)18(14)23)16(28)8-9-26-19(29)11-4-2-3-5-12(11)20(26)30/h6-7,11-12H,2-5,8-10H2,1H3,(H,24,27)/t11-,12-/m0/s1. The van der Waals surface area contributed by atoms with Gasteiger partial charge in [-0.2, -0.15) is 0 Å². The highest BCUT2D eigenvalue weighted by Gasteiger charge is 2.47. The maximum atomic E-state index is 13.6. The lowest BCUT2D eigenvalue weighted by Crippen LogP contribution is -2.38. The van der Waals surface area contributed by atoms with Gasteiger partial charge in [0.25, 0.3) is 0 Å². The summed E-state index contributed by atoms with van der Waals surface area (Å²) < 4.78 is 39.8. The third-order valence-corrected chi connectivity index (χ3v) is 5.60. The van der Waals surface area contributed by atoms with E-state index >= 15 is 0 Å². The van der Waals surface area contributed by atoms with Crippen LogP contribution >= 0.6 is 0 Å². The molecule has 1 aromatic carbocycles. The minimum atomic E-state index is -1.71. The number of likely N-dealkylation sites (N-methyl/N-ethyl adjacent to an activating group) is 1. The second-order valence-corrected chi connectivity index (χ2v) is 7.60. The molecular weight excluding hydrogens is 403 g/mol. The number of halogens is 3. The molecule has 30 heavy (non-hydrogen) atoms. The molecule has 1 saturated carbocycles. The Morgan fingerprint density at radius 2 is 1.67 bits per heavy atom. The van der Waals surface area contributed by atoms with Crippen molar-refractivity contribution in [3.8, 4) is 0 Å². The molecule has 4 amide bonds. The van der Waals surface area contributed by atoms with Crippen LogP contribution in [0.15, 0.2) is 12.1 Å². The van der Waals surface area contributed by atoms with Crippen LogP contribution in [0.2, 0.25) is 0 Å². The summed E-state index contributed by atoms with van der Waals surface area (Å²) in [7, 11) is 1.33. The van der Waals surface area contributed by atoms with E-state index in [2.05, 4.69) is 5.32 Å². The number of likely N-dealkylation sites (tertiary alicyclic amines) is 1. The van der Waals surface area contributed by atoms with Gasteiger partial charge in [0.15, 0.2) is 17.5 Å². The molecular formula is C20H22F3N3O4. The van der Waals surface area contributed by atoms with E-state index in [1.54, 1.807) is 0 Å². The average Bonchev–Trinajstić information content (AvgIpc) is 2.97. The molecule has 0 unspecified atom stereocenters. The molecule has 1 saturated heterocycles. The number of imide groups is 1. The fourth-order valence-corrected chi connectivity index (χ4v) is 3.97. The van der Waals surface area contributed by atoms with Gasteiger partial charge in [0.2, 0.25) is 23.6 Å². The molecule has 1 N–H and O–H groups in total. The first-order valence-electron chi connectivity index (χ1n) is 9.73. The van der Waals surface area contributed by atoms with E-state index in [0.717, 1.165) is 28.7 Å². The van der Waals surface area contributed by atoms with Gasteiger partial charge in [0.05, 0.1) is 24.1 Å². The number of carbonyl (C=O) groups excluding carboxylic acids is 4. The molecule has 1 aliphatic heterocycles. The Balaban J connectivity index is 1.51. The predicted molar refractivity (Wildman–Crippen MR) is 99.4 cm³/mol. The molecule has 162 valence electrons. The van der Waals surface area contributed by atoms with Crippen LogP contribution in [0.4, 0.5) is 18.9 Å². The highest BCUT2D eigenvalue weighted by Crippen LogP contribution is 2.38. The molecule has 2 fully saturated rings. The summed E-state index contributed by atoms with van der Waals surface area (Å²) in [5, 5.41) is 2.08. The van der Waals surface area contributed by atoms with E-state index in [1.807, 2.05) is 0 Å². The SMILES string of the molecule is CN(CC(=O)Nc1ccc(F)c(F)c1F)C(=O)CCN1C(=O)[C@H]2CCCC[C@@H]2C1=O. The Labute approximate surface area is 171 Å². The summed E-state index contributed by atoms with van der Waals surface area (Å²) in [6.07, 6.45) is 3.02. The number of nitrogens with one attached hydrogen (secondary N) is 1. The number of carbonyl (C=O) groups is 4. The van der Waals surface area contributed by atoms with Gasteiger partial charge in [0, 0.05) is 20.0 Å². The molecule has 7 nitrogen and oxygen atoms in total. The van der Waals surface area contributed by atoms with Gasteiger partial charge in [0.1, 0.15) is 0 Å². The van der Waals surface area contributed by atoms with Crippen molar-refractivity contribution in [1.82, 2.24) is 9.80 Å². The molecule has 0 spiro atoms. The number of hydrogen-bond donors (Lipinski definition) is 1. The smallest absolute Gasteiger partial charge is 0.244 e. The molecule has 0 aromatic heterocycles. The number of amides is 4.